The molecule has 0 bridgehead atoms. The first-order valence-corrected chi connectivity index (χ1v) is 7.56. The number of benzene rings is 2. The Morgan fingerprint density at radius 2 is 1.83 bits per heavy atom. The van der Waals surface area contributed by atoms with E-state index in [0.717, 1.165) is 22.3 Å². The molecular formula is C19H18N2O2. The summed E-state index contributed by atoms with van der Waals surface area (Å²) in [6.45, 7) is 2.60. The number of rotatable bonds is 4. The maximum atomic E-state index is 12.4. The smallest absolute Gasteiger partial charge is 0.276 e. The van der Waals surface area contributed by atoms with E-state index in [2.05, 4.69) is 4.98 Å². The molecule has 0 aliphatic rings. The van der Waals surface area contributed by atoms with Gasteiger partial charge in [-0.2, -0.15) is 0 Å². The van der Waals surface area contributed by atoms with Crippen LogP contribution < -0.4 is 10.3 Å². The van der Waals surface area contributed by atoms with Crippen molar-refractivity contribution in [2.45, 2.75) is 6.92 Å². The van der Waals surface area contributed by atoms with Crippen LogP contribution in [0.2, 0.25) is 0 Å². The lowest BCUT2D eigenvalue weighted by molar-refractivity contribution is 0.340. The van der Waals surface area contributed by atoms with Crippen LogP contribution in [0.15, 0.2) is 53.3 Å². The molecule has 1 heterocycles. The number of fused-ring (bicyclic) bond motifs is 1. The van der Waals surface area contributed by atoms with Gasteiger partial charge in [-0.05, 0) is 42.8 Å². The number of para-hydroxylation sites is 2. The molecule has 0 aliphatic heterocycles. The maximum absolute atomic E-state index is 12.4. The minimum absolute atomic E-state index is 0.106. The van der Waals surface area contributed by atoms with Gasteiger partial charge < -0.3 is 9.30 Å². The third-order valence-corrected chi connectivity index (χ3v) is 3.63. The van der Waals surface area contributed by atoms with E-state index < -0.39 is 0 Å². The lowest BCUT2D eigenvalue weighted by atomic mass is 10.2. The summed E-state index contributed by atoms with van der Waals surface area (Å²) in [6.07, 6.45) is 3.64. The van der Waals surface area contributed by atoms with Gasteiger partial charge in [0, 0.05) is 7.05 Å². The Balaban J connectivity index is 1.94. The van der Waals surface area contributed by atoms with Crippen molar-refractivity contribution in [2.24, 2.45) is 7.05 Å². The summed E-state index contributed by atoms with van der Waals surface area (Å²) in [5, 5.41) is 0. The number of aromatic nitrogens is 2. The highest BCUT2D eigenvalue weighted by Crippen LogP contribution is 2.14. The van der Waals surface area contributed by atoms with E-state index in [9.17, 15) is 4.79 Å². The fraction of sp³-hybridized carbons (Fsp3) is 0.158. The highest BCUT2D eigenvalue weighted by molar-refractivity contribution is 5.77. The molecule has 116 valence electrons. The van der Waals surface area contributed by atoms with Crippen molar-refractivity contribution in [2.75, 3.05) is 6.61 Å². The van der Waals surface area contributed by atoms with Gasteiger partial charge in [-0.1, -0.05) is 30.3 Å². The summed E-state index contributed by atoms with van der Waals surface area (Å²) in [5.74, 6) is 0.837. The van der Waals surface area contributed by atoms with Crippen LogP contribution in [0.1, 0.15) is 18.2 Å². The van der Waals surface area contributed by atoms with Gasteiger partial charge in [-0.25, -0.2) is 4.98 Å². The van der Waals surface area contributed by atoms with E-state index in [1.165, 1.54) is 0 Å². The Hall–Kier alpha value is -2.88. The first kappa shape index (κ1) is 15.0. The minimum atomic E-state index is -0.106. The highest BCUT2D eigenvalue weighted by Gasteiger charge is 2.05. The van der Waals surface area contributed by atoms with Gasteiger partial charge in [0.15, 0.2) is 0 Å². The van der Waals surface area contributed by atoms with Crippen LogP contribution in [0.25, 0.3) is 23.2 Å². The quantitative estimate of drug-likeness (QED) is 0.741. The number of nitrogens with zero attached hydrogens (tertiary/aromatic N) is 2. The van der Waals surface area contributed by atoms with E-state index in [-0.39, 0.29) is 5.56 Å². The molecule has 4 heteroatoms. The summed E-state index contributed by atoms with van der Waals surface area (Å²) in [6, 6.07) is 15.3. The van der Waals surface area contributed by atoms with Gasteiger partial charge >= 0.3 is 0 Å². The fourth-order valence-electron chi connectivity index (χ4n) is 2.43. The average Bonchev–Trinajstić information content (AvgIpc) is 2.58. The topological polar surface area (TPSA) is 44.1 Å². The van der Waals surface area contributed by atoms with Crippen molar-refractivity contribution in [1.29, 1.82) is 0 Å². The van der Waals surface area contributed by atoms with Gasteiger partial charge in [-0.3, -0.25) is 4.79 Å². The Labute approximate surface area is 134 Å². The van der Waals surface area contributed by atoms with Crippen LogP contribution in [0.5, 0.6) is 5.75 Å². The molecule has 0 amide bonds. The van der Waals surface area contributed by atoms with Gasteiger partial charge in [0.05, 0.1) is 17.6 Å². The molecular weight excluding hydrogens is 288 g/mol. The van der Waals surface area contributed by atoms with E-state index in [1.54, 1.807) is 17.7 Å². The Kier molecular flexibility index (Phi) is 4.24. The van der Waals surface area contributed by atoms with Crippen LogP contribution in [-0.4, -0.2) is 16.2 Å². The molecule has 0 fully saturated rings. The number of hydrogen-bond acceptors (Lipinski definition) is 3. The van der Waals surface area contributed by atoms with Crippen molar-refractivity contribution in [3.63, 3.8) is 0 Å². The molecule has 0 saturated carbocycles. The summed E-state index contributed by atoms with van der Waals surface area (Å²) < 4.78 is 7.04. The molecule has 4 nitrogen and oxygen atoms in total. The fourth-order valence-corrected chi connectivity index (χ4v) is 2.43. The van der Waals surface area contributed by atoms with Crippen LogP contribution in [-0.2, 0) is 7.05 Å². The third kappa shape index (κ3) is 3.16. The van der Waals surface area contributed by atoms with Gasteiger partial charge in [0.1, 0.15) is 11.4 Å². The predicted octanol–water partition coefficient (Wildman–Crippen LogP) is 3.50. The molecule has 1 aromatic heterocycles. The van der Waals surface area contributed by atoms with Crippen LogP contribution in [0.4, 0.5) is 0 Å². The second-order valence-corrected chi connectivity index (χ2v) is 5.19. The van der Waals surface area contributed by atoms with Gasteiger partial charge in [0.25, 0.3) is 5.56 Å². The van der Waals surface area contributed by atoms with E-state index in [0.29, 0.717) is 12.3 Å². The second-order valence-electron chi connectivity index (χ2n) is 5.19. The minimum Gasteiger partial charge on any atom is -0.494 e. The van der Waals surface area contributed by atoms with E-state index >= 15 is 0 Å². The molecule has 2 aromatic carbocycles. The zero-order chi connectivity index (χ0) is 16.2. The van der Waals surface area contributed by atoms with Crippen molar-refractivity contribution in [1.82, 2.24) is 9.55 Å². The molecule has 0 aliphatic carbocycles. The third-order valence-electron chi connectivity index (χ3n) is 3.63. The highest BCUT2D eigenvalue weighted by atomic mass is 16.5. The van der Waals surface area contributed by atoms with Crippen molar-refractivity contribution in [3.8, 4) is 5.75 Å². The largest absolute Gasteiger partial charge is 0.494 e. The predicted molar refractivity (Wildman–Crippen MR) is 93.5 cm³/mol. The molecule has 3 rings (SSSR count). The van der Waals surface area contributed by atoms with Crippen molar-refractivity contribution >= 4 is 23.2 Å². The first-order valence-electron chi connectivity index (χ1n) is 7.56. The zero-order valence-corrected chi connectivity index (χ0v) is 13.2. The van der Waals surface area contributed by atoms with Crippen molar-refractivity contribution < 1.29 is 4.74 Å². The molecule has 0 saturated heterocycles. The van der Waals surface area contributed by atoms with Gasteiger partial charge in [-0.15, -0.1) is 0 Å². The molecule has 0 atom stereocenters. The average molecular weight is 306 g/mol. The maximum Gasteiger partial charge on any atom is 0.276 e. The lowest BCUT2D eigenvalue weighted by Gasteiger charge is -2.05. The normalized spacial score (nSPS) is 11.2. The lowest BCUT2D eigenvalue weighted by Crippen LogP contribution is -2.21. The molecule has 23 heavy (non-hydrogen) atoms. The van der Waals surface area contributed by atoms with Crippen LogP contribution >= 0.6 is 0 Å². The standard InChI is InChI=1S/C19H18N2O2/c1-3-23-15-11-8-14(9-12-15)10-13-17-19(22)21(2)18-7-5-4-6-16(18)20-17/h4-13H,3H2,1-2H3. The van der Waals surface area contributed by atoms with E-state index in [4.69, 9.17) is 4.74 Å². The van der Waals surface area contributed by atoms with Crippen LogP contribution in [0, 0.1) is 0 Å². The van der Waals surface area contributed by atoms with Crippen molar-refractivity contribution in [3.05, 3.63) is 70.1 Å². The molecule has 0 radical (unpaired) electrons. The number of hydrogen-bond donors (Lipinski definition) is 0. The SMILES string of the molecule is CCOc1ccc(C=Cc2nc3ccccc3n(C)c2=O)cc1. The summed E-state index contributed by atoms with van der Waals surface area (Å²) >= 11 is 0. The molecule has 0 N–H and O–H groups in total. The zero-order valence-electron chi connectivity index (χ0n) is 13.2. The second kappa shape index (κ2) is 6.48. The Morgan fingerprint density at radius 3 is 2.57 bits per heavy atom. The Morgan fingerprint density at radius 1 is 1.09 bits per heavy atom. The molecule has 0 spiro atoms. The summed E-state index contributed by atoms with van der Waals surface area (Å²) in [5.41, 5.74) is 2.95. The molecule has 0 unspecified atom stereocenters. The number of ether oxygens (including phenoxy) is 1. The first-order chi connectivity index (χ1) is 11.2. The Bertz CT molecular complexity index is 909. The number of aryl methyl sites for hydroxylation is 1. The molecule has 3 aromatic rings. The monoisotopic (exact) mass is 306 g/mol. The van der Waals surface area contributed by atoms with E-state index in [1.807, 2.05) is 61.5 Å². The summed E-state index contributed by atoms with van der Waals surface area (Å²) in [4.78, 5) is 16.8. The van der Waals surface area contributed by atoms with Crippen LogP contribution in [0.3, 0.4) is 0 Å². The van der Waals surface area contributed by atoms with Gasteiger partial charge in [0.2, 0.25) is 0 Å². The summed E-state index contributed by atoms with van der Waals surface area (Å²) in [7, 11) is 1.76.